The van der Waals surface area contributed by atoms with Crippen molar-refractivity contribution in [3.63, 3.8) is 0 Å². The SMILES string of the molecule is C[C@@H]1C[C@H]1C(=O)N1CC[C@@H]2OCCN(S(C)(=O)=O)[C@H]2C1. The fourth-order valence-electron chi connectivity index (χ4n) is 3.35. The summed E-state index contributed by atoms with van der Waals surface area (Å²) in [6, 6.07) is -0.217. The lowest BCUT2D eigenvalue weighted by atomic mass is 10.00. The molecule has 0 unspecified atom stereocenters. The molecule has 2 aliphatic heterocycles. The van der Waals surface area contributed by atoms with E-state index in [1.54, 1.807) is 0 Å². The zero-order valence-electron chi connectivity index (χ0n) is 12.0. The number of morpholine rings is 1. The van der Waals surface area contributed by atoms with Crippen molar-refractivity contribution >= 4 is 15.9 Å². The van der Waals surface area contributed by atoms with Crippen molar-refractivity contribution in [1.29, 1.82) is 0 Å². The van der Waals surface area contributed by atoms with E-state index < -0.39 is 10.0 Å². The lowest BCUT2D eigenvalue weighted by Crippen LogP contribution is -2.62. The van der Waals surface area contributed by atoms with Crippen molar-refractivity contribution in [3.05, 3.63) is 0 Å². The molecule has 6 nitrogen and oxygen atoms in total. The number of sulfonamides is 1. The zero-order chi connectivity index (χ0) is 14.5. The molecule has 0 aromatic rings. The molecule has 114 valence electrons. The van der Waals surface area contributed by atoms with Gasteiger partial charge in [-0.25, -0.2) is 8.42 Å². The Morgan fingerprint density at radius 2 is 2.00 bits per heavy atom. The molecule has 0 spiro atoms. The first-order valence-corrected chi connectivity index (χ1v) is 9.10. The smallest absolute Gasteiger partial charge is 0.226 e. The molecule has 1 saturated carbocycles. The summed E-state index contributed by atoms with van der Waals surface area (Å²) in [6.07, 6.45) is 2.86. The van der Waals surface area contributed by atoms with Crippen molar-refractivity contribution in [3.8, 4) is 0 Å². The Bertz CT molecular complexity index is 507. The third-order valence-corrected chi connectivity index (χ3v) is 6.00. The molecule has 4 atom stereocenters. The second-order valence-electron chi connectivity index (χ2n) is 6.24. The number of fused-ring (bicyclic) bond motifs is 1. The maximum atomic E-state index is 12.3. The normalized spacial score (nSPS) is 38.4. The minimum Gasteiger partial charge on any atom is -0.375 e. The number of amides is 1. The molecular formula is C13H22N2O4S. The number of carbonyl (C=O) groups excluding carboxylic acids is 1. The zero-order valence-corrected chi connectivity index (χ0v) is 12.8. The third kappa shape index (κ3) is 2.58. The van der Waals surface area contributed by atoms with Crippen molar-refractivity contribution in [2.24, 2.45) is 11.8 Å². The lowest BCUT2D eigenvalue weighted by Gasteiger charge is -2.45. The van der Waals surface area contributed by atoms with Gasteiger partial charge in [0.1, 0.15) is 0 Å². The van der Waals surface area contributed by atoms with Crippen LogP contribution in [0, 0.1) is 11.8 Å². The van der Waals surface area contributed by atoms with E-state index in [2.05, 4.69) is 6.92 Å². The predicted octanol–water partition coefficient (Wildman–Crippen LogP) is -0.0963. The highest BCUT2D eigenvalue weighted by molar-refractivity contribution is 7.88. The predicted molar refractivity (Wildman–Crippen MR) is 73.5 cm³/mol. The van der Waals surface area contributed by atoms with Gasteiger partial charge in [0.25, 0.3) is 0 Å². The van der Waals surface area contributed by atoms with E-state index in [0.717, 1.165) is 12.8 Å². The van der Waals surface area contributed by atoms with Crippen molar-refractivity contribution in [2.45, 2.75) is 31.9 Å². The first-order valence-electron chi connectivity index (χ1n) is 7.25. The van der Waals surface area contributed by atoms with E-state index in [0.29, 0.717) is 32.2 Å². The molecule has 1 amide bonds. The molecule has 2 saturated heterocycles. The summed E-state index contributed by atoms with van der Waals surface area (Å²) >= 11 is 0. The van der Waals surface area contributed by atoms with Gasteiger partial charge >= 0.3 is 0 Å². The molecule has 3 rings (SSSR count). The van der Waals surface area contributed by atoms with Crippen LogP contribution >= 0.6 is 0 Å². The highest BCUT2D eigenvalue weighted by atomic mass is 32.2. The summed E-state index contributed by atoms with van der Waals surface area (Å²) in [7, 11) is -3.25. The van der Waals surface area contributed by atoms with Gasteiger partial charge in [0.2, 0.25) is 15.9 Å². The Kier molecular flexibility index (Phi) is 3.54. The third-order valence-electron chi connectivity index (χ3n) is 4.70. The van der Waals surface area contributed by atoms with Crippen molar-refractivity contribution in [2.75, 3.05) is 32.5 Å². The number of rotatable bonds is 2. The number of hydrogen-bond donors (Lipinski definition) is 0. The van der Waals surface area contributed by atoms with Crippen LogP contribution in [0.15, 0.2) is 0 Å². The molecule has 20 heavy (non-hydrogen) atoms. The average molecular weight is 302 g/mol. The van der Waals surface area contributed by atoms with Crippen LogP contribution in [0.25, 0.3) is 0 Å². The van der Waals surface area contributed by atoms with Crippen LogP contribution in [-0.4, -0.2) is 68.2 Å². The maximum absolute atomic E-state index is 12.3. The average Bonchev–Trinajstić information content (AvgIpc) is 3.12. The maximum Gasteiger partial charge on any atom is 0.226 e. The Labute approximate surface area is 120 Å². The first-order chi connectivity index (χ1) is 9.38. The van der Waals surface area contributed by atoms with E-state index in [-0.39, 0.29) is 24.0 Å². The Hall–Kier alpha value is -0.660. The number of likely N-dealkylation sites (tertiary alicyclic amines) is 1. The standard InChI is InChI=1S/C13H22N2O4S/c1-9-7-10(9)13(16)14-4-3-12-11(8-14)15(5-6-19-12)20(2,17)18/h9-12H,3-8H2,1-2H3/t9-,10-,11+,12+/m1/s1. The van der Waals surface area contributed by atoms with E-state index in [1.807, 2.05) is 4.90 Å². The van der Waals surface area contributed by atoms with Gasteiger partial charge in [-0.05, 0) is 18.8 Å². The summed E-state index contributed by atoms with van der Waals surface area (Å²) in [5.41, 5.74) is 0. The number of piperidine rings is 1. The molecule has 3 aliphatic rings. The van der Waals surface area contributed by atoms with Crippen LogP contribution in [0.1, 0.15) is 19.8 Å². The monoisotopic (exact) mass is 302 g/mol. The lowest BCUT2D eigenvalue weighted by molar-refractivity contribution is -0.140. The summed E-state index contributed by atoms with van der Waals surface area (Å²) in [4.78, 5) is 14.2. The highest BCUT2D eigenvalue weighted by Gasteiger charge is 2.46. The number of hydrogen-bond acceptors (Lipinski definition) is 4. The van der Waals surface area contributed by atoms with Gasteiger partial charge in [0, 0.05) is 25.6 Å². The molecule has 1 aliphatic carbocycles. The van der Waals surface area contributed by atoms with Gasteiger partial charge in [0.15, 0.2) is 0 Å². The van der Waals surface area contributed by atoms with Gasteiger partial charge in [-0.3, -0.25) is 4.79 Å². The van der Waals surface area contributed by atoms with E-state index in [9.17, 15) is 13.2 Å². The highest BCUT2D eigenvalue weighted by Crippen LogP contribution is 2.40. The summed E-state index contributed by atoms with van der Waals surface area (Å²) in [6.45, 7) is 4.08. The number of ether oxygens (including phenoxy) is 1. The molecular weight excluding hydrogens is 280 g/mol. The molecule has 7 heteroatoms. The molecule has 0 radical (unpaired) electrons. The van der Waals surface area contributed by atoms with Crippen LogP contribution < -0.4 is 0 Å². The summed E-state index contributed by atoms with van der Waals surface area (Å²) in [5.74, 6) is 0.826. The summed E-state index contributed by atoms with van der Waals surface area (Å²) < 4.78 is 31.0. The van der Waals surface area contributed by atoms with Crippen molar-refractivity contribution < 1.29 is 17.9 Å². The van der Waals surface area contributed by atoms with Gasteiger partial charge in [-0.2, -0.15) is 4.31 Å². The fraction of sp³-hybridized carbons (Fsp3) is 0.923. The quantitative estimate of drug-likeness (QED) is 0.715. The molecule has 0 aromatic carbocycles. The molecule has 0 N–H and O–H groups in total. The minimum atomic E-state index is -3.25. The number of carbonyl (C=O) groups is 1. The van der Waals surface area contributed by atoms with E-state index in [1.165, 1.54) is 10.6 Å². The van der Waals surface area contributed by atoms with Gasteiger partial charge < -0.3 is 9.64 Å². The fourth-order valence-corrected chi connectivity index (χ4v) is 4.45. The van der Waals surface area contributed by atoms with Crippen LogP contribution in [0.5, 0.6) is 0 Å². The largest absolute Gasteiger partial charge is 0.375 e. The molecule has 0 bridgehead atoms. The topological polar surface area (TPSA) is 66.9 Å². The minimum absolute atomic E-state index is 0.0702. The van der Waals surface area contributed by atoms with Crippen LogP contribution in [0.2, 0.25) is 0 Å². The summed E-state index contributed by atoms with van der Waals surface area (Å²) in [5, 5.41) is 0. The van der Waals surface area contributed by atoms with Gasteiger partial charge in [0.05, 0.1) is 25.0 Å². The Morgan fingerprint density at radius 1 is 1.30 bits per heavy atom. The van der Waals surface area contributed by atoms with Gasteiger partial charge in [-0.1, -0.05) is 6.92 Å². The second-order valence-corrected chi connectivity index (χ2v) is 8.18. The van der Waals surface area contributed by atoms with Crippen molar-refractivity contribution in [1.82, 2.24) is 9.21 Å². The molecule has 0 aromatic heterocycles. The number of nitrogens with zero attached hydrogens (tertiary/aromatic N) is 2. The van der Waals surface area contributed by atoms with Gasteiger partial charge in [-0.15, -0.1) is 0 Å². The Morgan fingerprint density at radius 3 is 2.60 bits per heavy atom. The molecule has 3 fully saturated rings. The molecule has 2 heterocycles. The Balaban J connectivity index is 1.73. The van der Waals surface area contributed by atoms with E-state index >= 15 is 0 Å². The second kappa shape index (κ2) is 4.96. The van der Waals surface area contributed by atoms with Crippen LogP contribution in [0.4, 0.5) is 0 Å². The van der Waals surface area contributed by atoms with Crippen LogP contribution in [-0.2, 0) is 19.6 Å². The van der Waals surface area contributed by atoms with Crippen LogP contribution in [0.3, 0.4) is 0 Å². The van der Waals surface area contributed by atoms with E-state index in [4.69, 9.17) is 4.74 Å². The first kappa shape index (κ1) is 14.3.